The molecule has 3 aromatic rings. The maximum absolute atomic E-state index is 5.91. The summed E-state index contributed by atoms with van der Waals surface area (Å²) in [6.45, 7) is 1.19. The second-order valence-electron chi connectivity index (χ2n) is 5.58. The summed E-state index contributed by atoms with van der Waals surface area (Å²) in [5.74, 6) is 0. The van der Waals surface area contributed by atoms with Crippen LogP contribution in [-0.2, 0) is 17.9 Å². The Hall–Kier alpha value is -1.34. The van der Waals surface area contributed by atoms with Gasteiger partial charge in [-0.05, 0) is 47.6 Å². The van der Waals surface area contributed by atoms with Crippen LogP contribution in [0.25, 0.3) is 0 Å². The molecule has 3 rings (SSSR count). The third-order valence-electron chi connectivity index (χ3n) is 3.69. The minimum absolute atomic E-state index is 0.134. The number of nitrogens with zero attached hydrogens (tertiary/aromatic N) is 2. The van der Waals surface area contributed by atoms with Crippen molar-refractivity contribution in [2.24, 2.45) is 0 Å². The van der Waals surface area contributed by atoms with Crippen molar-refractivity contribution in [3.8, 4) is 0 Å². The van der Waals surface area contributed by atoms with Crippen molar-refractivity contribution in [1.29, 1.82) is 0 Å². The van der Waals surface area contributed by atoms with Crippen LogP contribution < -0.4 is 0 Å². The zero-order valence-electron chi connectivity index (χ0n) is 13.7. The molecule has 0 radical (unpaired) electrons. The van der Waals surface area contributed by atoms with Crippen LogP contribution in [0.4, 0.5) is 0 Å². The van der Waals surface area contributed by atoms with Crippen molar-refractivity contribution in [2.75, 3.05) is 0 Å². The van der Waals surface area contributed by atoms with E-state index in [-0.39, 0.29) is 5.25 Å². The van der Waals surface area contributed by atoms with E-state index >= 15 is 0 Å². The predicted octanol–water partition coefficient (Wildman–Crippen LogP) is 6.28. The van der Waals surface area contributed by atoms with E-state index in [0.29, 0.717) is 16.0 Å². The summed E-state index contributed by atoms with van der Waals surface area (Å²) in [5.41, 5.74) is 2.22. The maximum atomic E-state index is 5.91. The maximum Gasteiger partial charge on any atom is 0.220 e. The lowest BCUT2D eigenvalue weighted by molar-refractivity contribution is 0.310. The minimum atomic E-state index is 0.134. The Bertz CT molecular complexity index is 839. The summed E-state index contributed by atoms with van der Waals surface area (Å²) >= 11 is 16.4. The minimum Gasteiger partial charge on any atom is -0.474 e. The van der Waals surface area contributed by atoms with Gasteiger partial charge in [0, 0.05) is 28.4 Å². The zero-order valence-corrected chi connectivity index (χ0v) is 17.7. The molecule has 0 N–H and O–H groups in total. The lowest BCUT2D eigenvalue weighted by Gasteiger charge is -2.18. The highest BCUT2D eigenvalue weighted by Gasteiger charge is 2.17. The van der Waals surface area contributed by atoms with E-state index in [1.165, 1.54) is 5.56 Å². The van der Waals surface area contributed by atoms with E-state index in [1.54, 1.807) is 18.0 Å². The number of thioether (sulfide) groups is 1. The number of halogens is 2. The van der Waals surface area contributed by atoms with Crippen LogP contribution >= 0.6 is 51.5 Å². The molecule has 0 spiro atoms. The summed E-state index contributed by atoms with van der Waals surface area (Å²) in [7, 11) is 0. The van der Waals surface area contributed by atoms with E-state index in [1.807, 2.05) is 53.5 Å². The fourth-order valence-electron chi connectivity index (χ4n) is 2.35. The smallest absolute Gasteiger partial charge is 0.220 e. The zero-order chi connectivity index (χ0) is 18.4. The van der Waals surface area contributed by atoms with E-state index in [4.69, 9.17) is 28.6 Å². The van der Waals surface area contributed by atoms with Crippen LogP contribution in [0, 0.1) is 0 Å². The van der Waals surface area contributed by atoms with Crippen LogP contribution in [0.3, 0.4) is 0 Å². The van der Waals surface area contributed by atoms with Gasteiger partial charge in [0.15, 0.2) is 0 Å². The lowest BCUT2D eigenvalue weighted by atomic mass is 10.1. The van der Waals surface area contributed by atoms with Gasteiger partial charge in [0.2, 0.25) is 4.38 Å². The molecule has 26 heavy (non-hydrogen) atoms. The van der Waals surface area contributed by atoms with Crippen LogP contribution in [0.2, 0.25) is 5.02 Å². The van der Waals surface area contributed by atoms with Gasteiger partial charge in [0.05, 0.1) is 11.6 Å². The van der Waals surface area contributed by atoms with Gasteiger partial charge in [-0.15, -0.1) is 0 Å². The third kappa shape index (κ3) is 5.84. The second kappa shape index (κ2) is 9.55. The summed E-state index contributed by atoms with van der Waals surface area (Å²) in [5, 5.41) is 0.844. The number of imidazole rings is 1. The SMILES string of the molecule is S=C(OCc1ccc(Cl)cc1)SC(Cn1ccnc1)c1ccc(Br)cc1. The van der Waals surface area contributed by atoms with Crippen LogP contribution in [-0.4, -0.2) is 13.9 Å². The fourth-order valence-corrected chi connectivity index (χ4v) is 4.04. The largest absolute Gasteiger partial charge is 0.474 e. The summed E-state index contributed by atoms with van der Waals surface area (Å²) < 4.78 is 9.39. The molecule has 0 amide bonds. The molecule has 1 aromatic heterocycles. The van der Waals surface area contributed by atoms with E-state index in [2.05, 4.69) is 33.0 Å². The first-order valence-electron chi connectivity index (χ1n) is 7.89. The predicted molar refractivity (Wildman–Crippen MR) is 116 cm³/mol. The Balaban J connectivity index is 1.65. The highest BCUT2D eigenvalue weighted by molar-refractivity contribution is 9.10. The number of hydrogen-bond acceptors (Lipinski definition) is 4. The monoisotopic (exact) mass is 466 g/mol. The van der Waals surface area contributed by atoms with E-state index in [0.717, 1.165) is 16.6 Å². The molecule has 0 saturated carbocycles. The van der Waals surface area contributed by atoms with Crippen LogP contribution in [0.1, 0.15) is 16.4 Å². The molecule has 0 saturated heterocycles. The highest BCUT2D eigenvalue weighted by atomic mass is 79.9. The molecule has 2 aromatic carbocycles. The first kappa shape index (κ1) is 19.4. The van der Waals surface area contributed by atoms with Gasteiger partial charge in [-0.2, -0.15) is 0 Å². The molecular formula is C19H16BrClN2OS2. The molecule has 0 bridgehead atoms. The Labute approximate surface area is 175 Å². The Kier molecular flexibility index (Phi) is 7.14. The van der Waals surface area contributed by atoms with Crippen LogP contribution in [0.5, 0.6) is 0 Å². The molecule has 134 valence electrons. The molecular weight excluding hydrogens is 452 g/mol. The number of thiocarbonyl (C=S) groups is 1. The average molecular weight is 468 g/mol. The average Bonchev–Trinajstić information content (AvgIpc) is 3.14. The van der Waals surface area contributed by atoms with Crippen molar-refractivity contribution in [3.05, 3.63) is 87.9 Å². The van der Waals surface area contributed by atoms with Gasteiger partial charge in [0.25, 0.3) is 0 Å². The molecule has 0 aliphatic heterocycles. The van der Waals surface area contributed by atoms with Crippen molar-refractivity contribution >= 4 is 55.9 Å². The first-order valence-corrected chi connectivity index (χ1v) is 10.3. The molecule has 0 fully saturated rings. The van der Waals surface area contributed by atoms with Crippen molar-refractivity contribution < 1.29 is 4.74 Å². The third-order valence-corrected chi connectivity index (χ3v) is 5.89. The normalized spacial score (nSPS) is 11.9. The van der Waals surface area contributed by atoms with Crippen molar-refractivity contribution in [2.45, 2.75) is 18.4 Å². The number of hydrogen-bond donors (Lipinski definition) is 0. The second-order valence-corrected chi connectivity index (χ2v) is 8.74. The van der Waals surface area contributed by atoms with Gasteiger partial charge in [-0.25, -0.2) is 4.98 Å². The summed E-state index contributed by atoms with van der Waals surface area (Å²) in [6.07, 6.45) is 5.53. The highest BCUT2D eigenvalue weighted by Crippen LogP contribution is 2.33. The Morgan fingerprint density at radius 1 is 1.19 bits per heavy atom. The quantitative estimate of drug-likeness (QED) is 0.399. The standard InChI is InChI=1S/C19H16BrClN2OS2/c20-16-5-3-15(4-6-16)18(11-23-10-9-22-13-23)26-19(25)24-12-14-1-7-17(21)8-2-14/h1-10,13,18H,11-12H2. The molecule has 0 aliphatic carbocycles. The number of ether oxygens (including phenoxy) is 1. The van der Waals surface area contributed by atoms with Gasteiger partial charge >= 0.3 is 0 Å². The van der Waals surface area contributed by atoms with E-state index < -0.39 is 0 Å². The lowest BCUT2D eigenvalue weighted by Crippen LogP contribution is -2.09. The first-order chi connectivity index (χ1) is 12.6. The van der Waals surface area contributed by atoms with Crippen molar-refractivity contribution in [1.82, 2.24) is 9.55 Å². The van der Waals surface area contributed by atoms with Gasteiger partial charge in [-0.3, -0.25) is 0 Å². The van der Waals surface area contributed by atoms with Gasteiger partial charge in [-0.1, -0.05) is 63.6 Å². The fraction of sp³-hybridized carbons (Fsp3) is 0.158. The molecule has 0 aliphatic rings. The molecule has 1 heterocycles. The number of rotatable bonds is 6. The van der Waals surface area contributed by atoms with Gasteiger partial charge < -0.3 is 9.30 Å². The molecule has 7 heteroatoms. The Morgan fingerprint density at radius 3 is 2.58 bits per heavy atom. The molecule has 3 nitrogen and oxygen atoms in total. The number of benzene rings is 2. The summed E-state index contributed by atoms with van der Waals surface area (Å²) in [4.78, 5) is 4.12. The number of aromatic nitrogens is 2. The molecule has 1 unspecified atom stereocenters. The topological polar surface area (TPSA) is 27.1 Å². The van der Waals surface area contributed by atoms with E-state index in [9.17, 15) is 0 Å². The van der Waals surface area contributed by atoms with Crippen LogP contribution in [0.15, 0.2) is 71.7 Å². The summed E-state index contributed by atoms with van der Waals surface area (Å²) in [6, 6.07) is 15.8. The van der Waals surface area contributed by atoms with Crippen molar-refractivity contribution in [3.63, 3.8) is 0 Å². The van der Waals surface area contributed by atoms with Gasteiger partial charge in [0.1, 0.15) is 6.61 Å². The molecule has 1 atom stereocenters. The Morgan fingerprint density at radius 2 is 1.92 bits per heavy atom.